The molecule has 1 aromatic heterocycles. The first-order valence-corrected chi connectivity index (χ1v) is 7.01. The Morgan fingerprint density at radius 1 is 0.905 bits per heavy atom. The molecule has 4 nitrogen and oxygen atoms in total. The van der Waals surface area contributed by atoms with Crippen LogP contribution in [-0.2, 0) is 19.4 Å². The fraction of sp³-hybridized carbons (Fsp3) is 0.176. The van der Waals surface area contributed by atoms with Crippen LogP contribution in [0.4, 0.5) is 0 Å². The van der Waals surface area contributed by atoms with Crippen LogP contribution in [0.25, 0.3) is 0 Å². The van der Waals surface area contributed by atoms with Crippen LogP contribution in [0.15, 0.2) is 65.2 Å². The number of hydrogen-bond donors (Lipinski definition) is 1. The summed E-state index contributed by atoms with van der Waals surface area (Å²) >= 11 is 0. The second-order valence-corrected chi connectivity index (χ2v) is 4.97. The molecule has 0 amide bonds. The first-order chi connectivity index (χ1) is 10.3. The Labute approximate surface area is 123 Å². The van der Waals surface area contributed by atoms with Gasteiger partial charge in [-0.25, -0.2) is 4.68 Å². The molecule has 1 N–H and O–H groups in total. The lowest BCUT2D eigenvalue weighted by atomic mass is 10.1. The van der Waals surface area contributed by atoms with Crippen LogP contribution in [0.2, 0.25) is 0 Å². The van der Waals surface area contributed by atoms with Gasteiger partial charge < -0.3 is 4.52 Å². The molecule has 3 aromatic rings. The van der Waals surface area contributed by atoms with Crippen LogP contribution in [0.5, 0.6) is 0 Å². The second kappa shape index (κ2) is 6.22. The molecule has 0 spiro atoms. The molecular weight excluding hydrogens is 262 g/mol. The van der Waals surface area contributed by atoms with Crippen LogP contribution < -0.4 is 15.5 Å². The third-order valence-electron chi connectivity index (χ3n) is 3.47. The number of nitrogens with one attached hydrogen (secondary N) is 1. The summed E-state index contributed by atoms with van der Waals surface area (Å²) in [7, 11) is 0. The number of rotatable bonds is 5. The van der Waals surface area contributed by atoms with Crippen LogP contribution >= 0.6 is 0 Å². The van der Waals surface area contributed by atoms with E-state index >= 15 is 0 Å². The summed E-state index contributed by atoms with van der Waals surface area (Å²) in [5.74, 6) is 0. The molecule has 0 aliphatic heterocycles. The zero-order valence-corrected chi connectivity index (χ0v) is 11.7. The predicted octanol–water partition coefficient (Wildman–Crippen LogP) is 1.84. The van der Waals surface area contributed by atoms with Gasteiger partial charge in [-0.15, -0.1) is 0 Å². The van der Waals surface area contributed by atoms with Crippen molar-refractivity contribution in [3.8, 4) is 0 Å². The molecule has 4 heteroatoms. The third-order valence-corrected chi connectivity index (χ3v) is 3.47. The highest BCUT2D eigenvalue weighted by molar-refractivity contribution is 5.18. The third kappa shape index (κ3) is 3.28. The second-order valence-electron chi connectivity index (χ2n) is 4.97. The van der Waals surface area contributed by atoms with Crippen molar-refractivity contribution in [3.05, 3.63) is 83.0 Å². The number of hydrogen-bond acceptors (Lipinski definition) is 2. The Morgan fingerprint density at radius 3 is 2.19 bits per heavy atom. The molecule has 0 atom stereocenters. The summed E-state index contributed by atoms with van der Waals surface area (Å²) in [4.78, 5) is 0. The molecule has 3 rings (SSSR count). The molecule has 0 bridgehead atoms. The van der Waals surface area contributed by atoms with E-state index in [4.69, 9.17) is 9.93 Å². The molecule has 0 fully saturated rings. The lowest BCUT2D eigenvalue weighted by Crippen LogP contribution is -2.43. The Bertz CT molecular complexity index is 744. The van der Waals surface area contributed by atoms with Gasteiger partial charge in [-0.1, -0.05) is 60.7 Å². The van der Waals surface area contributed by atoms with Gasteiger partial charge in [-0.05, 0) is 11.1 Å². The predicted molar refractivity (Wildman–Crippen MR) is 77.5 cm³/mol. The molecular formula is C17H17N3O. The van der Waals surface area contributed by atoms with E-state index in [0.29, 0.717) is 13.0 Å². The van der Waals surface area contributed by atoms with Gasteiger partial charge in [0.25, 0.3) is 5.55 Å². The van der Waals surface area contributed by atoms with Crippen LogP contribution in [0.3, 0.4) is 0 Å². The number of aromatic nitrogens is 2. The van der Waals surface area contributed by atoms with Crippen molar-refractivity contribution in [2.24, 2.45) is 0 Å². The molecule has 0 aliphatic carbocycles. The van der Waals surface area contributed by atoms with E-state index in [2.05, 4.69) is 17.4 Å². The Morgan fingerprint density at radius 2 is 1.52 bits per heavy atom. The van der Waals surface area contributed by atoms with Crippen LogP contribution in [0, 0.1) is 5.41 Å². The molecule has 0 saturated carbocycles. The van der Waals surface area contributed by atoms with Gasteiger partial charge in [-0.2, -0.15) is 0 Å². The number of benzene rings is 2. The minimum atomic E-state index is 0.145. The Kier molecular flexibility index (Phi) is 3.96. The van der Waals surface area contributed by atoms with E-state index in [1.165, 1.54) is 5.56 Å². The van der Waals surface area contributed by atoms with Gasteiger partial charge in [0, 0.05) is 6.42 Å². The minimum Gasteiger partial charge on any atom is -0.487 e. The first-order valence-electron chi connectivity index (χ1n) is 7.01. The van der Waals surface area contributed by atoms with Gasteiger partial charge in [0.2, 0.25) is 5.69 Å². The van der Waals surface area contributed by atoms with Crippen molar-refractivity contribution in [3.63, 3.8) is 0 Å². The maximum atomic E-state index is 7.87. The molecule has 0 aliphatic rings. The van der Waals surface area contributed by atoms with Crippen molar-refractivity contribution >= 4 is 0 Å². The molecule has 21 heavy (non-hydrogen) atoms. The molecule has 0 saturated heterocycles. The molecule has 0 radical (unpaired) electrons. The molecule has 1 heterocycles. The minimum absolute atomic E-state index is 0.145. The fourth-order valence-corrected chi connectivity index (χ4v) is 2.33. The van der Waals surface area contributed by atoms with Crippen molar-refractivity contribution in [1.29, 1.82) is 5.41 Å². The average Bonchev–Trinajstić information content (AvgIpc) is 2.88. The topological polar surface area (TPSA) is 55.0 Å². The van der Waals surface area contributed by atoms with E-state index in [0.717, 1.165) is 17.7 Å². The normalized spacial score (nSPS) is 10.7. The average molecular weight is 279 g/mol. The highest BCUT2D eigenvalue weighted by atomic mass is 16.5. The van der Waals surface area contributed by atoms with E-state index in [1.807, 2.05) is 48.5 Å². The standard InChI is InChI=1S/C17H17N3O/c18-17-16(13-15-9-5-2-6-10-15)20(19-21-17)12-11-14-7-3-1-4-8-14/h1-10,18H,11-13H2. The Hall–Kier alpha value is -2.62. The summed E-state index contributed by atoms with van der Waals surface area (Å²) < 4.78 is 6.83. The summed E-state index contributed by atoms with van der Waals surface area (Å²) in [6.07, 6.45) is 1.54. The van der Waals surface area contributed by atoms with Gasteiger partial charge in [0.15, 0.2) is 0 Å². The highest BCUT2D eigenvalue weighted by Gasteiger charge is 2.12. The maximum absolute atomic E-state index is 7.87. The molecule has 106 valence electrons. The van der Waals surface area contributed by atoms with Crippen molar-refractivity contribution in [1.82, 2.24) is 5.27 Å². The summed E-state index contributed by atoms with van der Waals surface area (Å²) in [6.45, 7) is 0.717. The quantitative estimate of drug-likeness (QED) is 0.724. The zero-order valence-electron chi connectivity index (χ0n) is 11.7. The SMILES string of the molecule is N=c1o[n-][n+](CCc2ccccc2)c1Cc1ccccc1. The molecule has 0 unspecified atom stereocenters. The van der Waals surface area contributed by atoms with Crippen LogP contribution in [0.1, 0.15) is 16.8 Å². The first kappa shape index (κ1) is 13.4. The number of aryl methyl sites for hydroxylation is 2. The smallest absolute Gasteiger partial charge is 0.268 e. The Balaban J connectivity index is 1.76. The van der Waals surface area contributed by atoms with Crippen LogP contribution in [-0.4, -0.2) is 0 Å². The summed E-state index contributed by atoms with van der Waals surface area (Å²) in [5.41, 5.74) is 3.37. The highest BCUT2D eigenvalue weighted by Crippen LogP contribution is 2.03. The van der Waals surface area contributed by atoms with E-state index in [1.54, 1.807) is 4.68 Å². The molecule has 2 aromatic carbocycles. The van der Waals surface area contributed by atoms with Crippen molar-refractivity contribution in [2.45, 2.75) is 19.4 Å². The zero-order chi connectivity index (χ0) is 14.5. The van der Waals surface area contributed by atoms with E-state index < -0.39 is 0 Å². The van der Waals surface area contributed by atoms with Gasteiger partial charge in [0.05, 0.1) is 6.42 Å². The van der Waals surface area contributed by atoms with E-state index in [-0.39, 0.29) is 5.55 Å². The summed E-state index contributed by atoms with van der Waals surface area (Å²) in [5, 5.41) is 11.9. The lowest BCUT2D eigenvalue weighted by molar-refractivity contribution is -0.772. The number of nitrogens with zero attached hydrogens (tertiary/aromatic N) is 2. The maximum Gasteiger partial charge on any atom is 0.268 e. The van der Waals surface area contributed by atoms with Gasteiger partial charge >= 0.3 is 0 Å². The lowest BCUT2D eigenvalue weighted by Gasteiger charge is -2.03. The van der Waals surface area contributed by atoms with E-state index in [9.17, 15) is 0 Å². The fourth-order valence-electron chi connectivity index (χ4n) is 2.33. The van der Waals surface area contributed by atoms with Crippen molar-refractivity contribution in [2.75, 3.05) is 0 Å². The van der Waals surface area contributed by atoms with Crippen molar-refractivity contribution < 1.29 is 9.20 Å². The van der Waals surface area contributed by atoms with Gasteiger partial charge in [-0.3, -0.25) is 10.7 Å². The van der Waals surface area contributed by atoms with Gasteiger partial charge in [0.1, 0.15) is 6.54 Å². The monoisotopic (exact) mass is 279 g/mol. The largest absolute Gasteiger partial charge is 0.487 e. The summed E-state index contributed by atoms with van der Waals surface area (Å²) in [6, 6.07) is 20.4.